The average molecular weight is 278 g/mol. The number of nitrogens with zero attached hydrogens (tertiary/aromatic N) is 3. The lowest BCUT2D eigenvalue weighted by molar-refractivity contribution is 0.280. The molecule has 108 valence electrons. The van der Waals surface area contributed by atoms with E-state index in [9.17, 15) is 0 Å². The Kier molecular flexibility index (Phi) is 4.91. The van der Waals surface area contributed by atoms with Gasteiger partial charge in [-0.3, -0.25) is 5.10 Å². The molecule has 1 aromatic heterocycles. The zero-order valence-corrected chi connectivity index (χ0v) is 11.3. The summed E-state index contributed by atoms with van der Waals surface area (Å²) >= 11 is 0. The van der Waals surface area contributed by atoms with Crippen molar-refractivity contribution in [3.8, 4) is 17.1 Å². The van der Waals surface area contributed by atoms with E-state index >= 15 is 0 Å². The van der Waals surface area contributed by atoms with Crippen molar-refractivity contribution >= 4 is 5.95 Å². The fraction of sp³-hybridized carbons (Fsp3) is 0.385. The Hall–Kier alpha value is -2.12. The van der Waals surface area contributed by atoms with E-state index in [2.05, 4.69) is 15.2 Å². The molecule has 1 heterocycles. The number of aromatic amines is 1. The Morgan fingerprint density at radius 1 is 1.15 bits per heavy atom. The number of ether oxygens (including phenoxy) is 1. The van der Waals surface area contributed by atoms with Gasteiger partial charge in [-0.1, -0.05) is 0 Å². The quantitative estimate of drug-likeness (QED) is 0.673. The van der Waals surface area contributed by atoms with E-state index in [0.717, 1.165) is 11.3 Å². The van der Waals surface area contributed by atoms with Gasteiger partial charge in [0.1, 0.15) is 5.75 Å². The first-order chi connectivity index (χ1) is 9.78. The van der Waals surface area contributed by atoms with Crippen LogP contribution in [0.4, 0.5) is 5.95 Å². The molecule has 0 radical (unpaired) electrons. The third-order valence-electron chi connectivity index (χ3n) is 2.86. The number of aromatic nitrogens is 3. The Morgan fingerprint density at radius 2 is 1.80 bits per heavy atom. The van der Waals surface area contributed by atoms with Crippen LogP contribution in [0.1, 0.15) is 0 Å². The standard InChI is InChI=1S/C13H18N4O3/c1-20-11-4-2-10(3-5-11)12-14-13(16-15-12)17(6-8-18)7-9-19/h2-5,18-19H,6-9H2,1H3,(H,14,15,16). The van der Waals surface area contributed by atoms with Gasteiger partial charge in [0.25, 0.3) is 0 Å². The molecule has 0 amide bonds. The Morgan fingerprint density at radius 3 is 2.35 bits per heavy atom. The van der Waals surface area contributed by atoms with Gasteiger partial charge in [0.2, 0.25) is 5.95 Å². The minimum atomic E-state index is -0.0214. The Balaban J connectivity index is 2.17. The number of anilines is 1. The Labute approximate surface area is 116 Å². The lowest BCUT2D eigenvalue weighted by atomic mass is 10.2. The van der Waals surface area contributed by atoms with E-state index in [1.165, 1.54) is 0 Å². The second-order valence-electron chi connectivity index (χ2n) is 4.15. The van der Waals surface area contributed by atoms with Crippen LogP contribution in [0, 0.1) is 0 Å². The highest BCUT2D eigenvalue weighted by atomic mass is 16.5. The summed E-state index contributed by atoms with van der Waals surface area (Å²) in [7, 11) is 1.61. The molecule has 2 aromatic rings. The van der Waals surface area contributed by atoms with E-state index in [0.29, 0.717) is 24.9 Å². The molecule has 0 aliphatic heterocycles. The number of nitrogens with one attached hydrogen (secondary N) is 1. The summed E-state index contributed by atoms with van der Waals surface area (Å²) in [5, 5.41) is 25.0. The summed E-state index contributed by atoms with van der Waals surface area (Å²) in [6.45, 7) is 0.708. The summed E-state index contributed by atoms with van der Waals surface area (Å²) in [4.78, 5) is 6.08. The van der Waals surface area contributed by atoms with E-state index in [1.807, 2.05) is 24.3 Å². The van der Waals surface area contributed by atoms with Crippen LogP contribution in [0.5, 0.6) is 5.75 Å². The molecule has 7 heteroatoms. The molecule has 3 N–H and O–H groups in total. The summed E-state index contributed by atoms with van der Waals surface area (Å²) in [6.07, 6.45) is 0. The highest BCUT2D eigenvalue weighted by Crippen LogP contribution is 2.20. The molecule has 0 atom stereocenters. The summed E-state index contributed by atoms with van der Waals surface area (Å²) in [5.41, 5.74) is 0.887. The van der Waals surface area contributed by atoms with Crippen LogP contribution in [-0.4, -0.2) is 58.8 Å². The maximum atomic E-state index is 9.00. The maximum Gasteiger partial charge on any atom is 0.245 e. The molecular formula is C13H18N4O3. The summed E-state index contributed by atoms with van der Waals surface area (Å²) in [5.74, 6) is 1.86. The zero-order valence-electron chi connectivity index (χ0n) is 11.3. The largest absolute Gasteiger partial charge is 0.497 e. The van der Waals surface area contributed by atoms with E-state index in [-0.39, 0.29) is 13.2 Å². The number of hydrogen-bond acceptors (Lipinski definition) is 6. The van der Waals surface area contributed by atoms with Crippen molar-refractivity contribution in [1.82, 2.24) is 15.2 Å². The fourth-order valence-corrected chi connectivity index (χ4v) is 1.83. The molecule has 7 nitrogen and oxygen atoms in total. The highest BCUT2D eigenvalue weighted by molar-refractivity contribution is 5.57. The van der Waals surface area contributed by atoms with Crippen molar-refractivity contribution in [2.45, 2.75) is 0 Å². The second kappa shape index (κ2) is 6.88. The maximum absolute atomic E-state index is 9.00. The Bertz CT molecular complexity index is 521. The second-order valence-corrected chi connectivity index (χ2v) is 4.15. The lowest BCUT2D eigenvalue weighted by Crippen LogP contribution is -2.30. The van der Waals surface area contributed by atoms with Gasteiger partial charge in [-0.15, -0.1) is 5.10 Å². The molecule has 0 aliphatic rings. The number of rotatable bonds is 7. The van der Waals surface area contributed by atoms with Crippen molar-refractivity contribution in [1.29, 1.82) is 0 Å². The van der Waals surface area contributed by atoms with E-state index in [1.54, 1.807) is 12.0 Å². The molecule has 0 fully saturated rings. The first kappa shape index (κ1) is 14.3. The fourth-order valence-electron chi connectivity index (χ4n) is 1.83. The van der Waals surface area contributed by atoms with Gasteiger partial charge in [-0.25, -0.2) is 0 Å². The van der Waals surface area contributed by atoms with Crippen LogP contribution >= 0.6 is 0 Å². The molecule has 0 spiro atoms. The molecule has 0 bridgehead atoms. The van der Waals surface area contributed by atoms with Crippen LogP contribution in [0.2, 0.25) is 0 Å². The number of aliphatic hydroxyl groups excluding tert-OH is 2. The summed E-state index contributed by atoms with van der Waals surface area (Å²) < 4.78 is 5.10. The van der Waals surface area contributed by atoms with Crippen LogP contribution in [0.3, 0.4) is 0 Å². The molecule has 0 unspecified atom stereocenters. The van der Waals surface area contributed by atoms with E-state index in [4.69, 9.17) is 14.9 Å². The van der Waals surface area contributed by atoms with Gasteiger partial charge in [-0.2, -0.15) is 4.98 Å². The van der Waals surface area contributed by atoms with Gasteiger partial charge in [-0.05, 0) is 24.3 Å². The molecule has 0 saturated carbocycles. The molecule has 0 saturated heterocycles. The summed E-state index contributed by atoms with van der Waals surface area (Å²) in [6, 6.07) is 7.45. The predicted octanol–water partition coefficient (Wildman–Crippen LogP) is 0.271. The predicted molar refractivity (Wildman–Crippen MR) is 74.8 cm³/mol. The minimum Gasteiger partial charge on any atom is -0.497 e. The van der Waals surface area contributed by atoms with Crippen LogP contribution in [0.15, 0.2) is 24.3 Å². The minimum absolute atomic E-state index is 0.0214. The van der Waals surface area contributed by atoms with Crippen molar-refractivity contribution in [2.75, 3.05) is 38.3 Å². The molecule has 0 aliphatic carbocycles. The topological polar surface area (TPSA) is 94.5 Å². The monoisotopic (exact) mass is 278 g/mol. The normalized spacial score (nSPS) is 10.6. The van der Waals surface area contributed by atoms with Gasteiger partial charge in [0.05, 0.1) is 20.3 Å². The smallest absolute Gasteiger partial charge is 0.245 e. The third kappa shape index (κ3) is 3.25. The third-order valence-corrected chi connectivity index (χ3v) is 2.86. The molecule has 1 aromatic carbocycles. The van der Waals surface area contributed by atoms with Crippen LogP contribution in [0.25, 0.3) is 11.4 Å². The van der Waals surface area contributed by atoms with Crippen LogP contribution in [-0.2, 0) is 0 Å². The van der Waals surface area contributed by atoms with Gasteiger partial charge in [0.15, 0.2) is 5.82 Å². The zero-order chi connectivity index (χ0) is 14.4. The van der Waals surface area contributed by atoms with E-state index < -0.39 is 0 Å². The number of hydrogen-bond donors (Lipinski definition) is 3. The SMILES string of the molecule is COc1ccc(-c2nc(N(CCO)CCO)n[nH]2)cc1. The van der Waals surface area contributed by atoms with Crippen molar-refractivity contribution in [3.63, 3.8) is 0 Å². The molecular weight excluding hydrogens is 260 g/mol. The molecule has 20 heavy (non-hydrogen) atoms. The van der Waals surface area contributed by atoms with Gasteiger partial charge < -0.3 is 19.8 Å². The lowest BCUT2D eigenvalue weighted by Gasteiger charge is -2.17. The van der Waals surface area contributed by atoms with Gasteiger partial charge in [0, 0.05) is 18.7 Å². The van der Waals surface area contributed by atoms with Crippen molar-refractivity contribution in [3.05, 3.63) is 24.3 Å². The van der Waals surface area contributed by atoms with Crippen molar-refractivity contribution in [2.24, 2.45) is 0 Å². The van der Waals surface area contributed by atoms with Crippen molar-refractivity contribution < 1.29 is 14.9 Å². The number of methoxy groups -OCH3 is 1. The number of H-pyrrole nitrogens is 1. The first-order valence-electron chi connectivity index (χ1n) is 6.32. The number of aliphatic hydroxyl groups is 2. The molecule has 2 rings (SSSR count). The van der Waals surface area contributed by atoms with Gasteiger partial charge >= 0.3 is 0 Å². The van der Waals surface area contributed by atoms with Crippen LogP contribution < -0.4 is 9.64 Å². The average Bonchev–Trinajstić information content (AvgIpc) is 2.97. The number of benzene rings is 1. The first-order valence-corrected chi connectivity index (χ1v) is 6.32. The highest BCUT2D eigenvalue weighted by Gasteiger charge is 2.12.